The zero-order valence-corrected chi connectivity index (χ0v) is 22.3. The van der Waals surface area contributed by atoms with Crippen molar-refractivity contribution in [2.24, 2.45) is 16.6 Å². The number of hydrogen-bond acceptors (Lipinski definition) is 7. The van der Waals surface area contributed by atoms with Crippen LogP contribution in [0.1, 0.15) is 72.5 Å². The molecule has 10 heteroatoms. The summed E-state index contributed by atoms with van der Waals surface area (Å²) in [6.07, 6.45) is 6.49. The largest absolute Gasteiger partial charge is 0.370 e. The normalized spacial score (nSPS) is 17.8. The summed E-state index contributed by atoms with van der Waals surface area (Å²) in [5.41, 5.74) is 23.1. The number of rotatable bonds is 9. The average Bonchev–Trinajstić information content (AvgIpc) is 3.45. The minimum Gasteiger partial charge on any atom is -0.370 e. The molecule has 2 aliphatic rings. The van der Waals surface area contributed by atoms with Gasteiger partial charge in [-0.2, -0.15) is 11.1 Å². The van der Waals surface area contributed by atoms with E-state index in [2.05, 4.69) is 37.5 Å². The second-order valence-corrected chi connectivity index (χ2v) is 10.3. The standard InChI is InChI=1S/C28H40N8O2/c1-18-11-12-21(13-19(18)2)16-25(37)32-28(29)31-24(15-20-7-4-3-5-8-20)27(38)30-17-22-9-6-10-23(14-22)26-33-35-36-34-26/h6,9-14,20,24,26,33-36H,3-5,7-8,15-17H2,1-2H3,(H,30,38)(H3,29,31,32,37)/t24-/m1/s1. The highest BCUT2D eigenvalue weighted by atomic mass is 16.2. The van der Waals surface area contributed by atoms with Crippen LogP contribution in [0.3, 0.4) is 0 Å². The van der Waals surface area contributed by atoms with Crippen LogP contribution in [0.15, 0.2) is 47.5 Å². The van der Waals surface area contributed by atoms with Gasteiger partial charge in [-0.1, -0.05) is 74.6 Å². The van der Waals surface area contributed by atoms with Crippen LogP contribution in [0.2, 0.25) is 0 Å². The first-order chi connectivity index (χ1) is 18.4. The second-order valence-electron chi connectivity index (χ2n) is 10.3. The molecule has 1 saturated carbocycles. The molecule has 1 aliphatic heterocycles. The number of nitrogens with one attached hydrogen (secondary N) is 6. The number of carbonyl (C=O) groups excluding carboxylic acids is 2. The Balaban J connectivity index is 1.39. The van der Waals surface area contributed by atoms with E-state index >= 15 is 0 Å². The van der Waals surface area contributed by atoms with Crippen LogP contribution in [-0.4, -0.2) is 23.8 Å². The van der Waals surface area contributed by atoms with Gasteiger partial charge in [0.05, 0.1) is 6.42 Å². The lowest BCUT2D eigenvalue weighted by atomic mass is 9.84. The summed E-state index contributed by atoms with van der Waals surface area (Å²) in [5.74, 6) is -0.0330. The van der Waals surface area contributed by atoms with Crippen LogP contribution >= 0.6 is 0 Å². The van der Waals surface area contributed by atoms with E-state index in [0.29, 0.717) is 18.9 Å². The molecule has 8 N–H and O–H groups in total. The zero-order chi connectivity index (χ0) is 26.9. The molecule has 1 aliphatic carbocycles. The molecule has 4 rings (SSSR count). The van der Waals surface area contributed by atoms with Gasteiger partial charge in [0, 0.05) is 6.54 Å². The summed E-state index contributed by atoms with van der Waals surface area (Å²) in [7, 11) is 0. The Labute approximate surface area is 224 Å². The van der Waals surface area contributed by atoms with E-state index in [1.807, 2.05) is 56.3 Å². The number of amides is 2. The molecule has 38 heavy (non-hydrogen) atoms. The lowest BCUT2D eigenvalue weighted by molar-refractivity contribution is -0.123. The van der Waals surface area contributed by atoms with Gasteiger partial charge in [-0.25, -0.2) is 15.8 Å². The molecule has 1 heterocycles. The molecule has 2 fully saturated rings. The SMILES string of the molecule is Cc1ccc(CC(=O)NC(N)=N[C@H](CC2CCCCC2)C(=O)NCc2cccc(C3NNNN3)c2)cc1C. The summed E-state index contributed by atoms with van der Waals surface area (Å²) >= 11 is 0. The summed E-state index contributed by atoms with van der Waals surface area (Å²) in [5, 5.41) is 5.71. The Hall–Kier alpha value is -3.31. The van der Waals surface area contributed by atoms with Crippen molar-refractivity contribution < 1.29 is 9.59 Å². The predicted molar refractivity (Wildman–Crippen MR) is 148 cm³/mol. The molecule has 1 atom stereocenters. The van der Waals surface area contributed by atoms with Crippen LogP contribution in [0.25, 0.3) is 0 Å². The third kappa shape index (κ3) is 8.09. The first kappa shape index (κ1) is 27.7. The first-order valence-corrected chi connectivity index (χ1v) is 13.4. The maximum atomic E-state index is 13.3. The predicted octanol–water partition coefficient (Wildman–Crippen LogP) is 2.05. The lowest BCUT2D eigenvalue weighted by Gasteiger charge is -2.24. The van der Waals surface area contributed by atoms with E-state index in [0.717, 1.165) is 35.1 Å². The summed E-state index contributed by atoms with van der Waals surface area (Å²) < 4.78 is 0. The highest BCUT2D eigenvalue weighted by Crippen LogP contribution is 2.28. The van der Waals surface area contributed by atoms with E-state index in [4.69, 9.17) is 5.73 Å². The smallest absolute Gasteiger partial charge is 0.245 e. The van der Waals surface area contributed by atoms with E-state index < -0.39 is 6.04 Å². The quantitative estimate of drug-likeness (QED) is 0.198. The Bertz CT molecular complexity index is 1140. The van der Waals surface area contributed by atoms with E-state index in [-0.39, 0.29) is 30.4 Å². The fraction of sp³-hybridized carbons (Fsp3) is 0.464. The van der Waals surface area contributed by atoms with Crippen LogP contribution in [0, 0.1) is 19.8 Å². The van der Waals surface area contributed by atoms with E-state index in [1.165, 1.54) is 24.8 Å². The van der Waals surface area contributed by atoms with Crippen molar-refractivity contribution in [3.8, 4) is 0 Å². The minimum atomic E-state index is -0.658. The van der Waals surface area contributed by atoms with Crippen LogP contribution < -0.4 is 38.3 Å². The third-order valence-corrected chi connectivity index (χ3v) is 7.33. The summed E-state index contributed by atoms with van der Waals surface area (Å²) in [6.45, 7) is 4.43. The van der Waals surface area contributed by atoms with Gasteiger partial charge in [0.25, 0.3) is 0 Å². The van der Waals surface area contributed by atoms with E-state index in [9.17, 15) is 9.59 Å². The number of hydrazine groups is 3. The van der Waals surface area contributed by atoms with Gasteiger partial charge < -0.3 is 11.1 Å². The number of carbonyl (C=O) groups is 2. The van der Waals surface area contributed by atoms with Crippen LogP contribution in [0.5, 0.6) is 0 Å². The number of nitrogens with two attached hydrogens (primary N) is 1. The number of nitrogens with zero attached hydrogens (tertiary/aromatic N) is 1. The molecule has 0 unspecified atom stereocenters. The van der Waals surface area contributed by atoms with Crippen molar-refractivity contribution >= 4 is 17.8 Å². The van der Waals surface area contributed by atoms with Gasteiger partial charge in [-0.15, -0.1) is 0 Å². The molecular formula is C28H40N8O2. The molecule has 204 valence electrons. The zero-order valence-electron chi connectivity index (χ0n) is 22.3. The van der Waals surface area contributed by atoms with Gasteiger partial charge in [-0.05, 0) is 54.0 Å². The monoisotopic (exact) mass is 520 g/mol. The van der Waals surface area contributed by atoms with Crippen molar-refractivity contribution in [1.82, 2.24) is 32.6 Å². The van der Waals surface area contributed by atoms with Gasteiger partial charge >= 0.3 is 0 Å². The molecule has 1 saturated heterocycles. The first-order valence-electron chi connectivity index (χ1n) is 13.4. The van der Waals surface area contributed by atoms with Gasteiger partial charge in [0.1, 0.15) is 12.2 Å². The molecule has 10 nitrogen and oxygen atoms in total. The maximum absolute atomic E-state index is 13.3. The fourth-order valence-corrected chi connectivity index (χ4v) is 5.05. The number of aliphatic imine (C=N–C) groups is 1. The van der Waals surface area contributed by atoms with Crippen LogP contribution in [0.4, 0.5) is 0 Å². The van der Waals surface area contributed by atoms with Crippen molar-refractivity contribution in [1.29, 1.82) is 0 Å². The van der Waals surface area contributed by atoms with Crippen molar-refractivity contribution in [2.45, 2.75) is 77.5 Å². The van der Waals surface area contributed by atoms with Crippen molar-refractivity contribution in [3.05, 3.63) is 70.3 Å². The number of aryl methyl sites for hydroxylation is 2. The molecule has 0 spiro atoms. The lowest BCUT2D eigenvalue weighted by Crippen LogP contribution is -2.42. The van der Waals surface area contributed by atoms with Crippen molar-refractivity contribution in [3.63, 3.8) is 0 Å². The molecule has 0 bridgehead atoms. The Kier molecular flexibility index (Phi) is 9.83. The molecule has 0 aromatic heterocycles. The number of guanidine groups is 1. The van der Waals surface area contributed by atoms with Gasteiger partial charge in [-0.3, -0.25) is 14.9 Å². The average molecular weight is 521 g/mol. The molecule has 2 amide bonds. The molecule has 2 aromatic rings. The topological polar surface area (TPSA) is 145 Å². The third-order valence-electron chi connectivity index (χ3n) is 7.33. The second kappa shape index (κ2) is 13.5. The summed E-state index contributed by atoms with van der Waals surface area (Å²) in [4.78, 5) is 30.4. The minimum absolute atomic E-state index is 0.0184. The highest BCUT2D eigenvalue weighted by Gasteiger charge is 2.25. The molecular weight excluding hydrogens is 480 g/mol. The van der Waals surface area contributed by atoms with E-state index in [1.54, 1.807) is 0 Å². The van der Waals surface area contributed by atoms with Crippen LogP contribution in [-0.2, 0) is 22.6 Å². The number of hydrogen-bond donors (Lipinski definition) is 7. The Morgan fingerprint density at radius 1 is 1.00 bits per heavy atom. The van der Waals surface area contributed by atoms with Crippen molar-refractivity contribution in [2.75, 3.05) is 0 Å². The molecule has 0 radical (unpaired) electrons. The van der Waals surface area contributed by atoms with Gasteiger partial charge in [0.2, 0.25) is 11.8 Å². The Morgan fingerprint density at radius 3 is 2.50 bits per heavy atom. The maximum Gasteiger partial charge on any atom is 0.245 e. The fourth-order valence-electron chi connectivity index (χ4n) is 5.05. The number of benzene rings is 2. The molecule has 2 aromatic carbocycles. The van der Waals surface area contributed by atoms with Gasteiger partial charge in [0.15, 0.2) is 5.96 Å². The summed E-state index contributed by atoms with van der Waals surface area (Å²) in [6, 6.07) is 13.2. The highest BCUT2D eigenvalue weighted by molar-refractivity contribution is 5.98. The Morgan fingerprint density at radius 2 is 1.76 bits per heavy atom.